The summed E-state index contributed by atoms with van der Waals surface area (Å²) in [6, 6.07) is 14.5. The van der Waals surface area contributed by atoms with Crippen LogP contribution in [0.15, 0.2) is 48.7 Å². The van der Waals surface area contributed by atoms with E-state index in [4.69, 9.17) is 0 Å². The monoisotopic (exact) mass is 256 g/mol. The molecule has 0 aliphatic carbocycles. The number of pyridine rings is 1. The van der Waals surface area contributed by atoms with Crippen LogP contribution < -0.4 is 5.32 Å². The van der Waals surface area contributed by atoms with E-state index in [0.717, 1.165) is 5.69 Å². The van der Waals surface area contributed by atoms with Crippen molar-refractivity contribution in [2.75, 3.05) is 6.61 Å². The van der Waals surface area contributed by atoms with Crippen molar-refractivity contribution in [3.8, 4) is 0 Å². The molecule has 1 atom stereocenters. The van der Waals surface area contributed by atoms with Crippen molar-refractivity contribution in [3.63, 3.8) is 0 Å². The Balaban J connectivity index is 1.99. The zero-order valence-corrected chi connectivity index (χ0v) is 11.2. The first-order chi connectivity index (χ1) is 9.29. The van der Waals surface area contributed by atoms with Crippen LogP contribution in [-0.2, 0) is 6.54 Å². The van der Waals surface area contributed by atoms with E-state index in [9.17, 15) is 5.11 Å². The van der Waals surface area contributed by atoms with Crippen molar-refractivity contribution in [2.24, 2.45) is 0 Å². The predicted octanol–water partition coefficient (Wildman–Crippen LogP) is 2.60. The molecule has 0 saturated carbocycles. The van der Waals surface area contributed by atoms with Crippen molar-refractivity contribution in [2.45, 2.75) is 25.9 Å². The van der Waals surface area contributed by atoms with Gasteiger partial charge in [-0.25, -0.2) is 0 Å². The number of aliphatic hydroxyl groups excluding tert-OH is 1. The summed E-state index contributed by atoms with van der Waals surface area (Å²) < 4.78 is 0. The van der Waals surface area contributed by atoms with Crippen LogP contribution >= 0.6 is 0 Å². The summed E-state index contributed by atoms with van der Waals surface area (Å²) in [5.41, 5.74) is 3.38. The number of aliphatic hydroxyl groups is 1. The molecule has 1 aromatic carbocycles. The van der Waals surface area contributed by atoms with Crippen molar-refractivity contribution < 1.29 is 5.11 Å². The molecule has 3 nitrogen and oxygen atoms in total. The summed E-state index contributed by atoms with van der Waals surface area (Å²) in [6.07, 6.45) is 2.58. The lowest BCUT2D eigenvalue weighted by Crippen LogP contribution is -2.22. The topological polar surface area (TPSA) is 45.1 Å². The van der Waals surface area contributed by atoms with Gasteiger partial charge in [0.05, 0.1) is 5.69 Å². The highest BCUT2D eigenvalue weighted by molar-refractivity contribution is 5.19. The van der Waals surface area contributed by atoms with Crippen LogP contribution in [0.1, 0.15) is 29.3 Å². The van der Waals surface area contributed by atoms with Crippen LogP contribution in [0.2, 0.25) is 0 Å². The van der Waals surface area contributed by atoms with E-state index in [1.54, 1.807) is 0 Å². The molecular formula is C16H20N2O. The zero-order valence-electron chi connectivity index (χ0n) is 11.2. The van der Waals surface area contributed by atoms with E-state index in [1.165, 1.54) is 11.1 Å². The summed E-state index contributed by atoms with van der Waals surface area (Å²) in [5, 5.41) is 12.6. The average molecular weight is 256 g/mol. The largest absolute Gasteiger partial charge is 0.396 e. The molecule has 0 radical (unpaired) electrons. The fourth-order valence-electron chi connectivity index (χ4n) is 2.03. The molecule has 0 spiro atoms. The van der Waals surface area contributed by atoms with E-state index in [2.05, 4.69) is 28.5 Å². The summed E-state index contributed by atoms with van der Waals surface area (Å²) in [6.45, 7) is 2.91. The van der Waals surface area contributed by atoms with E-state index < -0.39 is 0 Å². The van der Waals surface area contributed by atoms with Crippen LogP contribution in [0.3, 0.4) is 0 Å². The Morgan fingerprint density at radius 1 is 1.16 bits per heavy atom. The normalized spacial score (nSPS) is 12.3. The van der Waals surface area contributed by atoms with Gasteiger partial charge < -0.3 is 10.4 Å². The van der Waals surface area contributed by atoms with Crippen molar-refractivity contribution >= 4 is 0 Å². The maximum absolute atomic E-state index is 9.18. The van der Waals surface area contributed by atoms with Crippen molar-refractivity contribution in [1.29, 1.82) is 0 Å². The molecule has 0 bridgehead atoms. The van der Waals surface area contributed by atoms with Gasteiger partial charge in [0.1, 0.15) is 0 Å². The van der Waals surface area contributed by atoms with Crippen LogP contribution in [0.25, 0.3) is 0 Å². The van der Waals surface area contributed by atoms with E-state index >= 15 is 0 Å². The first-order valence-electron chi connectivity index (χ1n) is 6.60. The molecule has 2 N–H and O–H groups in total. The summed E-state index contributed by atoms with van der Waals surface area (Å²) >= 11 is 0. The first kappa shape index (κ1) is 13.7. The minimum Gasteiger partial charge on any atom is -0.396 e. The molecule has 0 aliphatic heterocycles. The van der Waals surface area contributed by atoms with Gasteiger partial charge in [-0.2, -0.15) is 0 Å². The third-order valence-corrected chi connectivity index (χ3v) is 3.12. The molecule has 100 valence electrons. The average Bonchev–Trinajstić information content (AvgIpc) is 2.46. The first-order valence-corrected chi connectivity index (χ1v) is 6.60. The quantitative estimate of drug-likeness (QED) is 0.835. The number of aromatic nitrogens is 1. The van der Waals surface area contributed by atoms with Gasteiger partial charge in [0.2, 0.25) is 0 Å². The highest BCUT2D eigenvalue weighted by Crippen LogP contribution is 2.16. The second-order valence-electron chi connectivity index (χ2n) is 4.68. The number of hydrogen-bond donors (Lipinski definition) is 2. The molecule has 0 unspecified atom stereocenters. The lowest BCUT2D eigenvalue weighted by molar-refractivity contribution is 0.265. The van der Waals surface area contributed by atoms with Gasteiger partial charge in [-0.1, -0.05) is 36.4 Å². The second kappa shape index (κ2) is 7.02. The summed E-state index contributed by atoms with van der Waals surface area (Å²) in [4.78, 5) is 4.38. The molecule has 2 aromatic rings. The SMILES string of the molecule is Cc1ccc(CN[C@H](CCO)c2ccccc2)nc1. The number of rotatable bonds is 6. The Hall–Kier alpha value is -1.71. The van der Waals surface area contributed by atoms with E-state index in [0.29, 0.717) is 13.0 Å². The molecular weight excluding hydrogens is 236 g/mol. The maximum Gasteiger partial charge on any atom is 0.0542 e. The van der Waals surface area contributed by atoms with Gasteiger partial charge in [-0.3, -0.25) is 4.98 Å². The van der Waals surface area contributed by atoms with Gasteiger partial charge in [0, 0.05) is 25.4 Å². The Morgan fingerprint density at radius 2 is 1.95 bits per heavy atom. The van der Waals surface area contributed by atoms with Gasteiger partial charge in [0.25, 0.3) is 0 Å². The van der Waals surface area contributed by atoms with E-state index in [1.807, 2.05) is 37.4 Å². The highest BCUT2D eigenvalue weighted by Gasteiger charge is 2.10. The van der Waals surface area contributed by atoms with Gasteiger partial charge in [-0.15, -0.1) is 0 Å². The summed E-state index contributed by atoms with van der Waals surface area (Å²) in [7, 11) is 0. The standard InChI is InChI=1S/C16H20N2O/c1-13-7-8-15(17-11-13)12-18-16(9-10-19)14-5-3-2-4-6-14/h2-8,11,16,18-19H,9-10,12H2,1H3/t16-/m1/s1. The van der Waals surface area contributed by atoms with Crippen molar-refractivity contribution in [3.05, 3.63) is 65.5 Å². The van der Waals surface area contributed by atoms with Crippen LogP contribution in [0.4, 0.5) is 0 Å². The smallest absolute Gasteiger partial charge is 0.0542 e. The number of nitrogens with one attached hydrogen (secondary N) is 1. The highest BCUT2D eigenvalue weighted by atomic mass is 16.3. The summed E-state index contributed by atoms with van der Waals surface area (Å²) in [5.74, 6) is 0. The van der Waals surface area contributed by atoms with Gasteiger partial charge in [-0.05, 0) is 30.5 Å². The number of benzene rings is 1. The van der Waals surface area contributed by atoms with E-state index in [-0.39, 0.29) is 12.6 Å². The molecule has 0 aliphatic rings. The molecule has 1 aromatic heterocycles. The van der Waals surface area contributed by atoms with Crippen LogP contribution in [0, 0.1) is 6.92 Å². The molecule has 0 fully saturated rings. The van der Waals surface area contributed by atoms with Crippen molar-refractivity contribution in [1.82, 2.24) is 10.3 Å². The Morgan fingerprint density at radius 3 is 2.58 bits per heavy atom. The molecule has 19 heavy (non-hydrogen) atoms. The Labute approximate surface area is 114 Å². The van der Waals surface area contributed by atoms with Crippen LogP contribution in [0.5, 0.6) is 0 Å². The molecule has 3 heteroatoms. The molecule has 2 rings (SSSR count). The number of nitrogens with zero attached hydrogens (tertiary/aromatic N) is 1. The lowest BCUT2D eigenvalue weighted by Gasteiger charge is -2.18. The Kier molecular flexibility index (Phi) is 5.07. The fourth-order valence-corrected chi connectivity index (χ4v) is 2.03. The third-order valence-electron chi connectivity index (χ3n) is 3.12. The second-order valence-corrected chi connectivity index (χ2v) is 4.68. The Bertz CT molecular complexity index is 482. The molecule has 0 saturated heterocycles. The lowest BCUT2D eigenvalue weighted by atomic mass is 10.0. The van der Waals surface area contributed by atoms with Crippen LogP contribution in [-0.4, -0.2) is 16.7 Å². The minimum atomic E-state index is 0.161. The van der Waals surface area contributed by atoms with Gasteiger partial charge >= 0.3 is 0 Å². The molecule has 1 heterocycles. The third kappa shape index (κ3) is 4.16. The minimum absolute atomic E-state index is 0.161. The van der Waals surface area contributed by atoms with Gasteiger partial charge in [0.15, 0.2) is 0 Å². The zero-order chi connectivity index (χ0) is 13.5. The molecule has 0 amide bonds. The fraction of sp³-hybridized carbons (Fsp3) is 0.312. The maximum atomic E-state index is 9.18. The number of hydrogen-bond acceptors (Lipinski definition) is 3. The predicted molar refractivity (Wildman–Crippen MR) is 76.7 cm³/mol. The number of aryl methyl sites for hydroxylation is 1.